The van der Waals surface area contributed by atoms with E-state index in [1.165, 1.54) is 12.1 Å². The Hall–Kier alpha value is -1.40. The Morgan fingerprint density at radius 3 is 2.56 bits per heavy atom. The van der Waals surface area contributed by atoms with Gasteiger partial charge in [0.15, 0.2) is 0 Å². The monoisotopic (exact) mass is 314 g/mol. The van der Waals surface area contributed by atoms with Gasteiger partial charge < -0.3 is 15.7 Å². The molecular formula is C12H15BrN2O3. The Balaban J connectivity index is 2.68. The number of hydrogen-bond acceptors (Lipinski definition) is 3. The van der Waals surface area contributed by atoms with Crippen LogP contribution in [0.4, 0.5) is 5.69 Å². The average Bonchev–Trinajstić information content (AvgIpc) is 2.29. The molecule has 3 N–H and O–H groups in total. The van der Waals surface area contributed by atoms with Crippen molar-refractivity contribution in [3.63, 3.8) is 0 Å². The molecule has 5 nitrogen and oxygen atoms in total. The number of aromatic carboxylic acids is 1. The second-order valence-corrected chi connectivity index (χ2v) is 4.94. The predicted octanol–water partition coefficient (Wildman–Crippen LogP) is 2.08. The molecule has 0 aliphatic heterocycles. The first-order chi connectivity index (χ1) is 8.40. The molecule has 0 unspecified atom stereocenters. The molecule has 0 radical (unpaired) electrons. The predicted molar refractivity (Wildman–Crippen MR) is 72.9 cm³/mol. The number of halogens is 1. The van der Waals surface area contributed by atoms with Crippen LogP contribution in [0.1, 0.15) is 24.2 Å². The maximum Gasteiger partial charge on any atom is 0.335 e. The fourth-order valence-electron chi connectivity index (χ4n) is 1.24. The van der Waals surface area contributed by atoms with E-state index in [2.05, 4.69) is 26.6 Å². The minimum absolute atomic E-state index is 0.167. The number of anilines is 1. The molecule has 1 amide bonds. The Morgan fingerprint density at radius 2 is 2.06 bits per heavy atom. The Kier molecular flexibility index (Phi) is 5.30. The molecular weight excluding hydrogens is 300 g/mol. The molecule has 1 aromatic carbocycles. The summed E-state index contributed by atoms with van der Waals surface area (Å²) >= 11 is 3.23. The third kappa shape index (κ3) is 4.46. The molecule has 0 spiro atoms. The van der Waals surface area contributed by atoms with Gasteiger partial charge in [-0.1, -0.05) is 13.8 Å². The fraction of sp³-hybridized carbons (Fsp3) is 0.333. The fourth-order valence-corrected chi connectivity index (χ4v) is 1.72. The molecule has 0 aliphatic rings. The van der Waals surface area contributed by atoms with Gasteiger partial charge in [-0.05, 0) is 34.1 Å². The number of rotatable bonds is 5. The number of amides is 1. The van der Waals surface area contributed by atoms with E-state index >= 15 is 0 Å². The van der Waals surface area contributed by atoms with Crippen LogP contribution >= 0.6 is 15.9 Å². The van der Waals surface area contributed by atoms with Crippen LogP contribution in [0.15, 0.2) is 22.7 Å². The summed E-state index contributed by atoms with van der Waals surface area (Å²) in [6.45, 7) is 4.11. The minimum atomic E-state index is -1.00. The van der Waals surface area contributed by atoms with Crippen molar-refractivity contribution in [1.82, 2.24) is 5.32 Å². The van der Waals surface area contributed by atoms with Crippen LogP contribution in [0.5, 0.6) is 0 Å². The first kappa shape index (κ1) is 14.7. The topological polar surface area (TPSA) is 78.4 Å². The second kappa shape index (κ2) is 6.51. The van der Waals surface area contributed by atoms with Gasteiger partial charge >= 0.3 is 5.97 Å². The smallest absolute Gasteiger partial charge is 0.335 e. The van der Waals surface area contributed by atoms with E-state index < -0.39 is 5.97 Å². The van der Waals surface area contributed by atoms with Crippen molar-refractivity contribution >= 4 is 33.5 Å². The molecule has 0 atom stereocenters. The number of carboxylic acid groups (broad SMARTS) is 1. The van der Waals surface area contributed by atoms with Crippen molar-refractivity contribution < 1.29 is 14.7 Å². The van der Waals surface area contributed by atoms with Gasteiger partial charge in [0.1, 0.15) is 0 Å². The van der Waals surface area contributed by atoms with Gasteiger partial charge in [-0.2, -0.15) is 0 Å². The lowest BCUT2D eigenvalue weighted by molar-refractivity contribution is -0.115. The van der Waals surface area contributed by atoms with Crippen molar-refractivity contribution in [3.8, 4) is 0 Å². The molecule has 0 saturated carbocycles. The van der Waals surface area contributed by atoms with Gasteiger partial charge in [0, 0.05) is 10.5 Å². The van der Waals surface area contributed by atoms with E-state index in [9.17, 15) is 9.59 Å². The summed E-state index contributed by atoms with van der Waals surface area (Å²) in [7, 11) is 0. The highest BCUT2D eigenvalue weighted by Gasteiger charge is 2.09. The van der Waals surface area contributed by atoms with Gasteiger partial charge in [-0.25, -0.2) is 4.79 Å². The van der Waals surface area contributed by atoms with Crippen LogP contribution in [0.3, 0.4) is 0 Å². The summed E-state index contributed by atoms with van der Waals surface area (Å²) in [5, 5.41) is 14.5. The summed E-state index contributed by atoms with van der Waals surface area (Å²) in [5.41, 5.74) is 0.718. The van der Waals surface area contributed by atoms with E-state index in [1.54, 1.807) is 6.07 Å². The summed E-state index contributed by atoms with van der Waals surface area (Å²) < 4.78 is 0.542. The summed E-state index contributed by atoms with van der Waals surface area (Å²) in [6.07, 6.45) is 0. The van der Waals surface area contributed by atoms with Crippen LogP contribution in [-0.4, -0.2) is 29.6 Å². The highest BCUT2D eigenvalue weighted by Crippen LogP contribution is 2.23. The van der Waals surface area contributed by atoms with Crippen molar-refractivity contribution in [2.24, 2.45) is 0 Å². The van der Waals surface area contributed by atoms with Gasteiger partial charge in [0.05, 0.1) is 17.8 Å². The molecule has 0 bridgehead atoms. The van der Waals surface area contributed by atoms with Gasteiger partial charge in [-0.15, -0.1) is 0 Å². The summed E-state index contributed by atoms with van der Waals surface area (Å²) in [6, 6.07) is 4.68. The van der Waals surface area contributed by atoms with E-state index in [0.717, 1.165) is 0 Å². The summed E-state index contributed by atoms with van der Waals surface area (Å²) in [4.78, 5) is 22.3. The number of carboxylic acids is 1. The van der Waals surface area contributed by atoms with E-state index in [4.69, 9.17) is 5.11 Å². The average molecular weight is 315 g/mol. The van der Waals surface area contributed by atoms with Gasteiger partial charge in [0.25, 0.3) is 0 Å². The van der Waals surface area contributed by atoms with Crippen LogP contribution in [0, 0.1) is 0 Å². The number of carbonyl (C=O) groups excluding carboxylic acids is 1. The van der Waals surface area contributed by atoms with Crippen LogP contribution in [0.2, 0.25) is 0 Å². The molecule has 0 saturated heterocycles. The molecule has 0 fully saturated rings. The normalized spacial score (nSPS) is 10.4. The molecule has 6 heteroatoms. The maximum atomic E-state index is 11.6. The molecule has 0 aliphatic carbocycles. The number of nitrogens with one attached hydrogen (secondary N) is 2. The number of hydrogen-bond donors (Lipinski definition) is 3. The van der Waals surface area contributed by atoms with E-state index in [0.29, 0.717) is 10.2 Å². The largest absolute Gasteiger partial charge is 0.478 e. The quantitative estimate of drug-likeness (QED) is 0.777. The molecule has 98 valence electrons. The number of carbonyl (C=O) groups is 2. The lowest BCUT2D eigenvalue weighted by Crippen LogP contribution is -2.32. The Labute approximate surface area is 114 Å². The third-order valence-corrected chi connectivity index (χ3v) is 2.82. The molecule has 0 heterocycles. The first-order valence-corrected chi connectivity index (χ1v) is 6.25. The molecule has 1 aromatic rings. The zero-order valence-corrected chi connectivity index (χ0v) is 11.7. The highest BCUT2D eigenvalue weighted by molar-refractivity contribution is 9.10. The van der Waals surface area contributed by atoms with Crippen molar-refractivity contribution in [2.45, 2.75) is 19.9 Å². The second-order valence-electron chi connectivity index (χ2n) is 4.08. The van der Waals surface area contributed by atoms with Crippen LogP contribution in [-0.2, 0) is 4.79 Å². The SMILES string of the molecule is CC(C)NCC(=O)Nc1ccc(C(=O)O)cc1Br. The van der Waals surface area contributed by atoms with Crippen molar-refractivity contribution in [2.75, 3.05) is 11.9 Å². The molecule has 1 rings (SSSR count). The van der Waals surface area contributed by atoms with E-state index in [-0.39, 0.29) is 24.1 Å². The maximum absolute atomic E-state index is 11.6. The number of benzene rings is 1. The van der Waals surface area contributed by atoms with Crippen LogP contribution < -0.4 is 10.6 Å². The molecule has 0 aromatic heterocycles. The van der Waals surface area contributed by atoms with E-state index in [1.807, 2.05) is 13.8 Å². The minimum Gasteiger partial charge on any atom is -0.478 e. The standard InChI is InChI=1S/C12H15BrN2O3/c1-7(2)14-6-11(16)15-10-4-3-8(12(17)18)5-9(10)13/h3-5,7,14H,6H2,1-2H3,(H,15,16)(H,17,18). The summed E-state index contributed by atoms with van der Waals surface area (Å²) in [5.74, 6) is -1.18. The Bertz CT molecular complexity index is 461. The zero-order chi connectivity index (χ0) is 13.7. The van der Waals surface area contributed by atoms with Crippen molar-refractivity contribution in [3.05, 3.63) is 28.2 Å². The highest BCUT2D eigenvalue weighted by atomic mass is 79.9. The van der Waals surface area contributed by atoms with Gasteiger partial charge in [0.2, 0.25) is 5.91 Å². The lowest BCUT2D eigenvalue weighted by Gasteiger charge is -2.10. The first-order valence-electron chi connectivity index (χ1n) is 5.46. The third-order valence-electron chi connectivity index (χ3n) is 2.16. The zero-order valence-electron chi connectivity index (χ0n) is 10.2. The molecule has 18 heavy (non-hydrogen) atoms. The Morgan fingerprint density at radius 1 is 1.39 bits per heavy atom. The van der Waals surface area contributed by atoms with Crippen molar-refractivity contribution in [1.29, 1.82) is 0 Å². The van der Waals surface area contributed by atoms with Gasteiger partial charge in [-0.3, -0.25) is 4.79 Å². The lowest BCUT2D eigenvalue weighted by atomic mass is 10.2. The van der Waals surface area contributed by atoms with Crippen LogP contribution in [0.25, 0.3) is 0 Å².